The molecule has 0 saturated carbocycles. The van der Waals surface area contributed by atoms with E-state index in [9.17, 15) is 0 Å². The molecule has 2 rings (SSSR count). The highest BCUT2D eigenvalue weighted by Crippen LogP contribution is 2.24. The first-order valence-corrected chi connectivity index (χ1v) is 5.77. The van der Waals surface area contributed by atoms with Crippen LogP contribution in [0.25, 0.3) is 10.9 Å². The van der Waals surface area contributed by atoms with Gasteiger partial charge >= 0.3 is 0 Å². The minimum atomic E-state index is 0.892. The summed E-state index contributed by atoms with van der Waals surface area (Å²) < 4.78 is 0. The smallest absolute Gasteiger partial charge is 0.0708 e. The number of hydrogen-bond donors (Lipinski definition) is 0. The Kier molecular flexibility index (Phi) is 2.55. The third kappa shape index (κ3) is 1.44. The fourth-order valence-corrected chi connectivity index (χ4v) is 2.41. The number of alkyl halides is 1. The predicted octanol–water partition coefficient (Wildman–Crippen LogP) is 3.75. The zero-order valence-electron chi connectivity index (χ0n) is 8.34. The summed E-state index contributed by atoms with van der Waals surface area (Å²) in [6.45, 7) is 4.19. The molecular weight excluding hydrogens is 238 g/mol. The second kappa shape index (κ2) is 3.70. The molecule has 2 heteroatoms. The van der Waals surface area contributed by atoms with Crippen molar-refractivity contribution in [1.29, 1.82) is 0 Å². The number of nitrogens with zero attached hydrogens (tertiary/aromatic N) is 1. The Bertz CT molecular complexity index is 477. The van der Waals surface area contributed by atoms with E-state index in [-0.39, 0.29) is 0 Å². The first kappa shape index (κ1) is 9.66. The fourth-order valence-electron chi connectivity index (χ4n) is 1.68. The molecule has 0 N–H and O–H groups in total. The summed E-state index contributed by atoms with van der Waals surface area (Å²) in [7, 11) is 0. The van der Waals surface area contributed by atoms with Crippen molar-refractivity contribution >= 4 is 26.8 Å². The zero-order valence-corrected chi connectivity index (χ0v) is 9.93. The summed E-state index contributed by atoms with van der Waals surface area (Å²) in [6.07, 6.45) is 0. The van der Waals surface area contributed by atoms with Crippen molar-refractivity contribution in [3.05, 3.63) is 41.1 Å². The molecule has 14 heavy (non-hydrogen) atoms. The van der Waals surface area contributed by atoms with Gasteiger partial charge in [-0.2, -0.15) is 0 Å². The van der Waals surface area contributed by atoms with Crippen LogP contribution in [0.15, 0.2) is 24.3 Å². The molecule has 1 aromatic heterocycles. The van der Waals surface area contributed by atoms with Crippen LogP contribution < -0.4 is 0 Å². The first-order chi connectivity index (χ1) is 6.74. The van der Waals surface area contributed by atoms with Gasteiger partial charge < -0.3 is 0 Å². The average Bonchev–Trinajstić information content (AvgIpc) is 2.20. The molecule has 0 fully saturated rings. The molecule has 0 bridgehead atoms. The topological polar surface area (TPSA) is 12.9 Å². The van der Waals surface area contributed by atoms with E-state index in [0.717, 1.165) is 16.5 Å². The molecule has 0 aliphatic rings. The summed E-state index contributed by atoms with van der Waals surface area (Å²) in [4.78, 5) is 4.56. The Morgan fingerprint density at radius 3 is 2.64 bits per heavy atom. The van der Waals surface area contributed by atoms with Crippen molar-refractivity contribution < 1.29 is 0 Å². The van der Waals surface area contributed by atoms with E-state index in [1.165, 1.54) is 16.5 Å². The van der Waals surface area contributed by atoms with Crippen LogP contribution in [0, 0.1) is 13.8 Å². The lowest BCUT2D eigenvalue weighted by Crippen LogP contribution is -1.95. The predicted molar refractivity (Wildman–Crippen MR) is 63.8 cm³/mol. The minimum Gasteiger partial charge on any atom is -0.253 e. The second-order valence-electron chi connectivity index (χ2n) is 3.45. The highest BCUT2D eigenvalue weighted by Gasteiger charge is 2.06. The first-order valence-electron chi connectivity index (χ1n) is 4.65. The maximum atomic E-state index is 4.56. The summed E-state index contributed by atoms with van der Waals surface area (Å²) in [6, 6.07) is 8.28. The summed E-state index contributed by atoms with van der Waals surface area (Å²) >= 11 is 3.54. The molecule has 0 radical (unpaired) electrons. The second-order valence-corrected chi connectivity index (χ2v) is 4.01. The summed E-state index contributed by atoms with van der Waals surface area (Å²) in [5.74, 6) is 0. The van der Waals surface area contributed by atoms with Crippen molar-refractivity contribution in [2.24, 2.45) is 0 Å². The monoisotopic (exact) mass is 249 g/mol. The van der Waals surface area contributed by atoms with Crippen LogP contribution >= 0.6 is 15.9 Å². The summed E-state index contributed by atoms with van der Waals surface area (Å²) in [5, 5.41) is 2.15. The molecule has 1 nitrogen and oxygen atoms in total. The van der Waals surface area contributed by atoms with Gasteiger partial charge in [0.25, 0.3) is 0 Å². The van der Waals surface area contributed by atoms with E-state index in [1.807, 2.05) is 6.07 Å². The number of fused-ring (bicyclic) bond motifs is 1. The lowest BCUT2D eigenvalue weighted by Gasteiger charge is -2.09. The molecule has 0 spiro atoms. The van der Waals surface area contributed by atoms with Crippen LogP contribution in [0.2, 0.25) is 0 Å². The zero-order chi connectivity index (χ0) is 10.1. The van der Waals surface area contributed by atoms with Gasteiger partial charge in [-0.25, -0.2) is 0 Å². The van der Waals surface area contributed by atoms with Gasteiger partial charge in [-0.05, 0) is 31.0 Å². The van der Waals surface area contributed by atoms with E-state index >= 15 is 0 Å². The van der Waals surface area contributed by atoms with E-state index in [1.54, 1.807) is 0 Å². The third-order valence-electron chi connectivity index (χ3n) is 2.65. The Morgan fingerprint density at radius 1 is 1.21 bits per heavy atom. The molecule has 0 amide bonds. The summed E-state index contributed by atoms with van der Waals surface area (Å²) in [5.41, 5.74) is 4.86. The molecule has 1 heterocycles. The van der Waals surface area contributed by atoms with Crippen molar-refractivity contribution in [3.63, 3.8) is 0 Å². The van der Waals surface area contributed by atoms with Crippen LogP contribution in [0.5, 0.6) is 0 Å². The van der Waals surface area contributed by atoms with E-state index in [2.05, 4.69) is 53.0 Å². The normalized spacial score (nSPS) is 10.8. The lowest BCUT2D eigenvalue weighted by molar-refractivity contribution is 1.16. The molecule has 0 aliphatic heterocycles. The van der Waals surface area contributed by atoms with Crippen molar-refractivity contribution in [2.75, 3.05) is 0 Å². The molecule has 72 valence electrons. The number of pyridine rings is 1. The van der Waals surface area contributed by atoms with Crippen LogP contribution in [0.4, 0.5) is 0 Å². The standard InChI is InChI=1S/C12H12BrN/c1-8-9(2)14-12-6-4-3-5-10(12)11(8)7-13/h3-6H,7H2,1-2H3. The number of para-hydroxylation sites is 1. The van der Waals surface area contributed by atoms with Crippen molar-refractivity contribution in [1.82, 2.24) is 4.98 Å². The average molecular weight is 250 g/mol. The van der Waals surface area contributed by atoms with Crippen LogP contribution in [0.1, 0.15) is 16.8 Å². The van der Waals surface area contributed by atoms with Gasteiger partial charge in [-0.1, -0.05) is 34.1 Å². The maximum Gasteiger partial charge on any atom is 0.0708 e. The number of hydrogen-bond acceptors (Lipinski definition) is 1. The van der Waals surface area contributed by atoms with E-state index < -0.39 is 0 Å². The Labute approximate surface area is 92.3 Å². The van der Waals surface area contributed by atoms with Crippen molar-refractivity contribution in [2.45, 2.75) is 19.2 Å². The Balaban J connectivity index is 2.89. The Morgan fingerprint density at radius 2 is 1.93 bits per heavy atom. The number of halogens is 1. The van der Waals surface area contributed by atoms with Gasteiger partial charge in [0.2, 0.25) is 0 Å². The van der Waals surface area contributed by atoms with Gasteiger partial charge in [0.15, 0.2) is 0 Å². The van der Waals surface area contributed by atoms with Gasteiger partial charge in [-0.15, -0.1) is 0 Å². The van der Waals surface area contributed by atoms with Crippen LogP contribution in [0.3, 0.4) is 0 Å². The SMILES string of the molecule is Cc1nc2ccccc2c(CBr)c1C. The highest BCUT2D eigenvalue weighted by atomic mass is 79.9. The van der Waals surface area contributed by atoms with Crippen LogP contribution in [-0.4, -0.2) is 4.98 Å². The molecular formula is C12H12BrN. The molecule has 0 unspecified atom stereocenters. The molecule has 2 aromatic rings. The molecule has 0 atom stereocenters. The van der Waals surface area contributed by atoms with Crippen LogP contribution in [-0.2, 0) is 5.33 Å². The Hall–Kier alpha value is -0.890. The number of benzene rings is 1. The van der Waals surface area contributed by atoms with Crippen molar-refractivity contribution in [3.8, 4) is 0 Å². The van der Waals surface area contributed by atoms with Gasteiger partial charge in [0.1, 0.15) is 0 Å². The minimum absolute atomic E-state index is 0.892. The van der Waals surface area contributed by atoms with Gasteiger partial charge in [0.05, 0.1) is 5.52 Å². The number of rotatable bonds is 1. The van der Waals surface area contributed by atoms with Gasteiger partial charge in [0, 0.05) is 16.4 Å². The molecule has 1 aromatic carbocycles. The van der Waals surface area contributed by atoms with Gasteiger partial charge in [-0.3, -0.25) is 4.98 Å². The van der Waals surface area contributed by atoms with E-state index in [4.69, 9.17) is 0 Å². The fraction of sp³-hybridized carbons (Fsp3) is 0.250. The largest absolute Gasteiger partial charge is 0.253 e. The molecule has 0 aliphatic carbocycles. The third-order valence-corrected chi connectivity index (χ3v) is 3.21. The highest BCUT2D eigenvalue weighted by molar-refractivity contribution is 9.08. The molecule has 0 saturated heterocycles. The van der Waals surface area contributed by atoms with E-state index in [0.29, 0.717) is 0 Å². The lowest BCUT2D eigenvalue weighted by atomic mass is 10.0. The number of aromatic nitrogens is 1. The maximum absolute atomic E-state index is 4.56. The quantitative estimate of drug-likeness (QED) is 0.702. The number of aryl methyl sites for hydroxylation is 1.